The second kappa shape index (κ2) is 3.52. The van der Waals surface area contributed by atoms with E-state index in [9.17, 15) is 0 Å². The van der Waals surface area contributed by atoms with Gasteiger partial charge in [-0.1, -0.05) is 0 Å². The predicted molar refractivity (Wildman–Crippen MR) is 47.3 cm³/mol. The standard InChI is InChI=1S/C8H19N3/c1-6-4-7(9)5-8(10-6)11(2)3/h6-8,10H,4-5,9H2,1-3H3. The summed E-state index contributed by atoms with van der Waals surface area (Å²) in [6.07, 6.45) is 2.63. The van der Waals surface area contributed by atoms with Crippen molar-refractivity contribution in [2.24, 2.45) is 5.73 Å². The molecule has 0 aliphatic carbocycles. The molecule has 0 spiro atoms. The lowest BCUT2D eigenvalue weighted by molar-refractivity contribution is 0.164. The van der Waals surface area contributed by atoms with Crippen LogP contribution in [0.25, 0.3) is 0 Å². The van der Waals surface area contributed by atoms with Crippen molar-refractivity contribution in [3.63, 3.8) is 0 Å². The van der Waals surface area contributed by atoms with E-state index in [0.29, 0.717) is 18.2 Å². The Balaban J connectivity index is 2.43. The monoisotopic (exact) mass is 157 g/mol. The molecule has 1 aliphatic rings. The van der Waals surface area contributed by atoms with Gasteiger partial charge in [0.25, 0.3) is 0 Å². The van der Waals surface area contributed by atoms with Crippen LogP contribution in [-0.4, -0.2) is 37.2 Å². The average Bonchev–Trinajstić information content (AvgIpc) is 1.85. The van der Waals surface area contributed by atoms with Gasteiger partial charge in [0.2, 0.25) is 0 Å². The molecule has 1 heterocycles. The summed E-state index contributed by atoms with van der Waals surface area (Å²) in [6.45, 7) is 2.19. The van der Waals surface area contributed by atoms with E-state index < -0.39 is 0 Å². The summed E-state index contributed by atoms with van der Waals surface area (Å²) in [5.74, 6) is 0. The molecular formula is C8H19N3. The molecule has 3 unspecified atom stereocenters. The molecule has 0 bridgehead atoms. The van der Waals surface area contributed by atoms with Crippen LogP contribution in [0.4, 0.5) is 0 Å². The zero-order chi connectivity index (χ0) is 8.43. The minimum Gasteiger partial charge on any atom is -0.328 e. The van der Waals surface area contributed by atoms with Crippen LogP contribution in [0.5, 0.6) is 0 Å². The van der Waals surface area contributed by atoms with E-state index in [0.717, 1.165) is 12.8 Å². The molecule has 3 heteroatoms. The lowest BCUT2D eigenvalue weighted by Gasteiger charge is -2.36. The van der Waals surface area contributed by atoms with Crippen molar-refractivity contribution < 1.29 is 0 Å². The molecule has 3 nitrogen and oxygen atoms in total. The number of hydrogen-bond acceptors (Lipinski definition) is 3. The predicted octanol–water partition coefficient (Wildman–Crippen LogP) is -0.0267. The lowest BCUT2D eigenvalue weighted by Crippen LogP contribution is -2.54. The largest absolute Gasteiger partial charge is 0.328 e. The quantitative estimate of drug-likeness (QED) is 0.562. The molecule has 0 saturated carbocycles. The van der Waals surface area contributed by atoms with Crippen molar-refractivity contribution in [3.8, 4) is 0 Å². The highest BCUT2D eigenvalue weighted by molar-refractivity contribution is 4.83. The zero-order valence-corrected chi connectivity index (χ0v) is 7.67. The fraction of sp³-hybridized carbons (Fsp3) is 1.00. The summed E-state index contributed by atoms with van der Waals surface area (Å²) in [4.78, 5) is 2.19. The third-order valence-corrected chi connectivity index (χ3v) is 2.28. The number of hydrogen-bond donors (Lipinski definition) is 2. The Labute approximate surface area is 68.9 Å². The van der Waals surface area contributed by atoms with Gasteiger partial charge < -0.3 is 5.73 Å². The number of piperidine rings is 1. The van der Waals surface area contributed by atoms with Crippen LogP contribution >= 0.6 is 0 Å². The van der Waals surface area contributed by atoms with Gasteiger partial charge in [-0.3, -0.25) is 10.2 Å². The molecule has 66 valence electrons. The number of nitrogens with one attached hydrogen (secondary N) is 1. The molecule has 1 aliphatic heterocycles. The molecular weight excluding hydrogens is 138 g/mol. The van der Waals surface area contributed by atoms with Crippen molar-refractivity contribution in [3.05, 3.63) is 0 Å². The molecule has 0 aromatic rings. The highest BCUT2D eigenvalue weighted by atomic mass is 15.2. The SMILES string of the molecule is CC1CC(N)CC(N(C)C)N1. The maximum Gasteiger partial charge on any atom is 0.0609 e. The van der Waals surface area contributed by atoms with E-state index in [-0.39, 0.29) is 0 Å². The van der Waals surface area contributed by atoms with Gasteiger partial charge in [-0.05, 0) is 33.9 Å². The van der Waals surface area contributed by atoms with Crippen LogP contribution in [0.15, 0.2) is 0 Å². The zero-order valence-electron chi connectivity index (χ0n) is 7.67. The smallest absolute Gasteiger partial charge is 0.0609 e. The Morgan fingerprint density at radius 2 is 2.00 bits per heavy atom. The maximum atomic E-state index is 5.89. The van der Waals surface area contributed by atoms with Crippen molar-refractivity contribution in [1.82, 2.24) is 10.2 Å². The molecule has 3 atom stereocenters. The average molecular weight is 157 g/mol. The maximum absolute atomic E-state index is 5.89. The van der Waals surface area contributed by atoms with Gasteiger partial charge in [0, 0.05) is 12.1 Å². The number of nitrogens with zero attached hydrogens (tertiary/aromatic N) is 1. The summed E-state index contributed by atoms with van der Waals surface area (Å²) in [5.41, 5.74) is 5.89. The van der Waals surface area contributed by atoms with Gasteiger partial charge >= 0.3 is 0 Å². The minimum absolute atomic E-state index is 0.374. The molecule has 11 heavy (non-hydrogen) atoms. The van der Waals surface area contributed by atoms with Gasteiger partial charge in [0.15, 0.2) is 0 Å². The summed E-state index contributed by atoms with van der Waals surface area (Å²) in [6, 6.07) is 0.935. The van der Waals surface area contributed by atoms with E-state index in [1.165, 1.54) is 0 Å². The van der Waals surface area contributed by atoms with Crippen LogP contribution in [0.2, 0.25) is 0 Å². The second-order valence-corrected chi connectivity index (χ2v) is 3.78. The molecule has 1 saturated heterocycles. The fourth-order valence-electron chi connectivity index (χ4n) is 1.66. The van der Waals surface area contributed by atoms with Gasteiger partial charge in [-0.15, -0.1) is 0 Å². The Morgan fingerprint density at radius 3 is 2.45 bits per heavy atom. The first kappa shape index (κ1) is 8.97. The fourth-order valence-corrected chi connectivity index (χ4v) is 1.66. The molecule has 0 aromatic heterocycles. The molecule has 1 fully saturated rings. The highest BCUT2D eigenvalue weighted by Gasteiger charge is 2.24. The van der Waals surface area contributed by atoms with Crippen LogP contribution in [0.1, 0.15) is 19.8 Å². The third-order valence-electron chi connectivity index (χ3n) is 2.28. The highest BCUT2D eigenvalue weighted by Crippen LogP contribution is 2.12. The Kier molecular flexibility index (Phi) is 2.87. The van der Waals surface area contributed by atoms with E-state index in [1.807, 2.05) is 0 Å². The summed E-state index contributed by atoms with van der Waals surface area (Å²) in [7, 11) is 4.17. The summed E-state index contributed by atoms with van der Waals surface area (Å²) < 4.78 is 0. The Hall–Kier alpha value is -0.120. The van der Waals surface area contributed by atoms with Gasteiger partial charge in [0.05, 0.1) is 6.17 Å². The van der Waals surface area contributed by atoms with Gasteiger partial charge in [-0.2, -0.15) is 0 Å². The minimum atomic E-state index is 0.374. The lowest BCUT2D eigenvalue weighted by atomic mass is 9.99. The van der Waals surface area contributed by atoms with E-state index in [2.05, 4.69) is 31.2 Å². The first-order valence-corrected chi connectivity index (χ1v) is 4.27. The molecule has 0 amide bonds. The molecule has 1 rings (SSSR count). The van der Waals surface area contributed by atoms with Crippen molar-refractivity contribution in [2.75, 3.05) is 14.1 Å². The van der Waals surface area contributed by atoms with Crippen molar-refractivity contribution >= 4 is 0 Å². The van der Waals surface area contributed by atoms with E-state index in [4.69, 9.17) is 5.73 Å². The Bertz CT molecular complexity index is 115. The first-order valence-electron chi connectivity index (χ1n) is 4.27. The third kappa shape index (κ3) is 2.43. The van der Waals surface area contributed by atoms with Crippen LogP contribution in [0, 0.1) is 0 Å². The van der Waals surface area contributed by atoms with Crippen LogP contribution < -0.4 is 11.1 Å². The molecule has 0 aromatic carbocycles. The van der Waals surface area contributed by atoms with Gasteiger partial charge in [-0.25, -0.2) is 0 Å². The van der Waals surface area contributed by atoms with Crippen LogP contribution in [-0.2, 0) is 0 Å². The van der Waals surface area contributed by atoms with Crippen molar-refractivity contribution in [1.29, 1.82) is 0 Å². The second-order valence-electron chi connectivity index (χ2n) is 3.78. The normalized spacial score (nSPS) is 39.5. The number of nitrogens with two attached hydrogens (primary N) is 1. The van der Waals surface area contributed by atoms with Crippen LogP contribution in [0.3, 0.4) is 0 Å². The topological polar surface area (TPSA) is 41.3 Å². The number of rotatable bonds is 1. The summed E-state index contributed by atoms with van der Waals surface area (Å²) >= 11 is 0. The Morgan fingerprint density at radius 1 is 1.36 bits per heavy atom. The van der Waals surface area contributed by atoms with E-state index in [1.54, 1.807) is 0 Å². The molecule has 3 N–H and O–H groups in total. The molecule has 0 radical (unpaired) electrons. The van der Waals surface area contributed by atoms with Crippen molar-refractivity contribution in [2.45, 2.75) is 38.0 Å². The van der Waals surface area contributed by atoms with E-state index >= 15 is 0 Å². The first-order chi connectivity index (χ1) is 5.09. The van der Waals surface area contributed by atoms with Gasteiger partial charge in [0.1, 0.15) is 0 Å². The summed E-state index contributed by atoms with van der Waals surface area (Å²) in [5, 5.41) is 3.49.